The van der Waals surface area contributed by atoms with Crippen molar-refractivity contribution >= 4 is 17.7 Å². The number of nitrogens with one attached hydrogen (secondary N) is 1. The third-order valence-corrected chi connectivity index (χ3v) is 3.45. The highest BCUT2D eigenvalue weighted by atomic mass is 16.3. The lowest BCUT2D eigenvalue weighted by Crippen LogP contribution is -2.57. The fourth-order valence-electron chi connectivity index (χ4n) is 2.35. The Labute approximate surface area is 123 Å². The number of carbonyl (C=O) groups excluding carboxylic acids is 3. The molecule has 0 aliphatic carbocycles. The topological polar surface area (TPSA) is 133 Å². The molecule has 0 aromatic heterocycles. The highest BCUT2D eigenvalue weighted by Gasteiger charge is 2.43. The van der Waals surface area contributed by atoms with Gasteiger partial charge < -0.3 is 26.2 Å². The molecule has 1 heterocycles. The number of nitrogens with zero attached hydrogens (tertiary/aromatic N) is 1. The summed E-state index contributed by atoms with van der Waals surface area (Å²) in [5, 5.41) is 20.9. The molecule has 1 aliphatic rings. The van der Waals surface area contributed by atoms with Crippen molar-refractivity contribution in [1.82, 2.24) is 10.2 Å². The van der Waals surface area contributed by atoms with Crippen molar-refractivity contribution in [3.63, 3.8) is 0 Å². The highest BCUT2D eigenvalue weighted by Crippen LogP contribution is 2.25. The molecule has 2 unspecified atom stereocenters. The lowest BCUT2D eigenvalue weighted by molar-refractivity contribution is -0.143. The Hall–Kier alpha value is -1.67. The second kappa shape index (κ2) is 6.40. The van der Waals surface area contributed by atoms with Gasteiger partial charge in [-0.25, -0.2) is 0 Å². The van der Waals surface area contributed by atoms with Gasteiger partial charge in [-0.3, -0.25) is 14.4 Å². The van der Waals surface area contributed by atoms with Gasteiger partial charge in [0.15, 0.2) is 0 Å². The quantitative estimate of drug-likeness (QED) is 0.474. The first-order valence-corrected chi connectivity index (χ1v) is 6.76. The zero-order valence-corrected chi connectivity index (χ0v) is 12.5. The number of aliphatic hydroxyl groups is 2. The Morgan fingerprint density at radius 2 is 1.95 bits per heavy atom. The normalized spacial score (nSPS) is 23.8. The SMILES string of the molecule is CC(C)(C)[C@H](NC(=O)CO)C(=O)N1CC(O)CC1C(N)=O. The lowest BCUT2D eigenvalue weighted by Gasteiger charge is -2.34. The minimum Gasteiger partial charge on any atom is -0.391 e. The van der Waals surface area contributed by atoms with Crippen molar-refractivity contribution in [2.45, 2.75) is 45.4 Å². The fourth-order valence-corrected chi connectivity index (χ4v) is 2.35. The molecule has 0 bridgehead atoms. The number of carbonyl (C=O) groups is 3. The monoisotopic (exact) mass is 301 g/mol. The molecule has 1 saturated heterocycles. The molecule has 21 heavy (non-hydrogen) atoms. The molecule has 0 aromatic carbocycles. The van der Waals surface area contributed by atoms with Gasteiger partial charge in [0, 0.05) is 13.0 Å². The first kappa shape index (κ1) is 17.4. The zero-order chi connectivity index (χ0) is 16.4. The molecule has 8 nitrogen and oxygen atoms in total. The summed E-state index contributed by atoms with van der Waals surface area (Å²) < 4.78 is 0. The fraction of sp³-hybridized carbons (Fsp3) is 0.769. The highest BCUT2D eigenvalue weighted by molar-refractivity contribution is 5.92. The molecule has 1 rings (SSSR count). The molecule has 0 radical (unpaired) electrons. The van der Waals surface area contributed by atoms with E-state index < -0.39 is 47.9 Å². The van der Waals surface area contributed by atoms with Gasteiger partial charge in [0.25, 0.3) is 0 Å². The summed E-state index contributed by atoms with van der Waals surface area (Å²) in [7, 11) is 0. The predicted molar refractivity (Wildman–Crippen MR) is 73.8 cm³/mol. The smallest absolute Gasteiger partial charge is 0.246 e. The van der Waals surface area contributed by atoms with Gasteiger partial charge in [0.1, 0.15) is 18.7 Å². The Balaban J connectivity index is 2.99. The molecule has 3 atom stereocenters. The number of hydrogen-bond acceptors (Lipinski definition) is 5. The number of primary amides is 1. The van der Waals surface area contributed by atoms with Crippen LogP contribution in [0.3, 0.4) is 0 Å². The van der Waals surface area contributed by atoms with Gasteiger partial charge in [-0.1, -0.05) is 20.8 Å². The average Bonchev–Trinajstić information content (AvgIpc) is 2.75. The number of hydrogen-bond donors (Lipinski definition) is 4. The van der Waals surface area contributed by atoms with Crippen molar-refractivity contribution in [1.29, 1.82) is 0 Å². The Kier molecular flexibility index (Phi) is 5.30. The molecule has 5 N–H and O–H groups in total. The van der Waals surface area contributed by atoms with Gasteiger partial charge in [-0.2, -0.15) is 0 Å². The summed E-state index contributed by atoms with van der Waals surface area (Å²) in [5.74, 6) is -1.87. The summed E-state index contributed by atoms with van der Waals surface area (Å²) in [5.41, 5.74) is 4.63. The predicted octanol–water partition coefficient (Wildman–Crippen LogP) is -2.04. The first-order chi connectivity index (χ1) is 9.57. The summed E-state index contributed by atoms with van der Waals surface area (Å²) in [4.78, 5) is 36.6. The maximum absolute atomic E-state index is 12.6. The summed E-state index contributed by atoms with van der Waals surface area (Å²) in [6.45, 7) is 4.51. The van der Waals surface area contributed by atoms with Gasteiger partial charge >= 0.3 is 0 Å². The van der Waals surface area contributed by atoms with Gasteiger partial charge in [0.05, 0.1) is 6.10 Å². The molecule has 3 amide bonds. The molecular formula is C13H23N3O5. The van der Waals surface area contributed by atoms with E-state index in [4.69, 9.17) is 10.8 Å². The molecule has 1 aliphatic heterocycles. The van der Waals surface area contributed by atoms with Gasteiger partial charge in [0.2, 0.25) is 17.7 Å². The molecule has 1 fully saturated rings. The number of likely N-dealkylation sites (tertiary alicyclic amines) is 1. The van der Waals surface area contributed by atoms with Crippen LogP contribution in [0.15, 0.2) is 0 Å². The van der Waals surface area contributed by atoms with E-state index in [-0.39, 0.29) is 13.0 Å². The maximum Gasteiger partial charge on any atom is 0.246 e. The van der Waals surface area contributed by atoms with Crippen LogP contribution in [0, 0.1) is 5.41 Å². The van der Waals surface area contributed by atoms with Crippen molar-refractivity contribution in [2.75, 3.05) is 13.2 Å². The minimum atomic E-state index is -0.927. The standard InChI is InChI=1S/C13H23N3O5/c1-13(2,3)10(15-9(19)6-17)12(21)16-5-7(18)4-8(16)11(14)20/h7-8,10,17-18H,4-6H2,1-3H3,(H2,14,20)(H,15,19)/t7?,8?,10-/m1/s1. The van der Waals surface area contributed by atoms with E-state index in [0.717, 1.165) is 0 Å². The van der Waals surface area contributed by atoms with Gasteiger partial charge in [-0.15, -0.1) is 0 Å². The van der Waals surface area contributed by atoms with Crippen LogP contribution in [0.4, 0.5) is 0 Å². The van der Waals surface area contributed by atoms with Crippen LogP contribution in [0.5, 0.6) is 0 Å². The maximum atomic E-state index is 12.6. The van der Waals surface area contributed by atoms with E-state index in [1.807, 2.05) is 0 Å². The summed E-state index contributed by atoms with van der Waals surface area (Å²) >= 11 is 0. The van der Waals surface area contributed by atoms with E-state index >= 15 is 0 Å². The Bertz CT molecular complexity index is 432. The Morgan fingerprint density at radius 3 is 2.38 bits per heavy atom. The van der Waals surface area contributed by atoms with Crippen LogP contribution >= 0.6 is 0 Å². The van der Waals surface area contributed by atoms with Crippen LogP contribution < -0.4 is 11.1 Å². The van der Waals surface area contributed by atoms with Crippen LogP contribution in [0.25, 0.3) is 0 Å². The number of β-amino-alcohol motifs (C(OH)–C–C–N with tert-alkyl or cyclic N) is 1. The number of rotatable bonds is 4. The van der Waals surface area contributed by atoms with Crippen molar-refractivity contribution in [3.8, 4) is 0 Å². The van der Waals surface area contributed by atoms with E-state index in [2.05, 4.69) is 5.32 Å². The zero-order valence-electron chi connectivity index (χ0n) is 12.5. The van der Waals surface area contributed by atoms with E-state index in [1.54, 1.807) is 20.8 Å². The first-order valence-electron chi connectivity index (χ1n) is 6.76. The van der Waals surface area contributed by atoms with Crippen LogP contribution in [-0.4, -0.2) is 64.2 Å². The third-order valence-electron chi connectivity index (χ3n) is 3.45. The van der Waals surface area contributed by atoms with E-state index in [0.29, 0.717) is 0 Å². The third kappa shape index (κ3) is 4.15. The van der Waals surface area contributed by atoms with Crippen LogP contribution in [0.2, 0.25) is 0 Å². The molecule has 0 saturated carbocycles. The Morgan fingerprint density at radius 1 is 1.38 bits per heavy atom. The second-order valence-corrected chi connectivity index (χ2v) is 6.32. The van der Waals surface area contributed by atoms with Gasteiger partial charge in [-0.05, 0) is 5.41 Å². The number of aliphatic hydroxyl groups excluding tert-OH is 2. The van der Waals surface area contributed by atoms with Crippen LogP contribution in [-0.2, 0) is 14.4 Å². The van der Waals surface area contributed by atoms with Crippen molar-refractivity contribution in [3.05, 3.63) is 0 Å². The molecule has 120 valence electrons. The van der Waals surface area contributed by atoms with Crippen LogP contribution in [0.1, 0.15) is 27.2 Å². The number of nitrogens with two attached hydrogens (primary N) is 1. The number of amides is 3. The molecule has 0 aromatic rings. The average molecular weight is 301 g/mol. The lowest BCUT2D eigenvalue weighted by atomic mass is 9.85. The molecular weight excluding hydrogens is 278 g/mol. The van der Waals surface area contributed by atoms with E-state index in [1.165, 1.54) is 4.90 Å². The molecule has 8 heteroatoms. The second-order valence-electron chi connectivity index (χ2n) is 6.32. The van der Waals surface area contributed by atoms with Crippen molar-refractivity contribution in [2.24, 2.45) is 11.1 Å². The minimum absolute atomic E-state index is 0.00594. The summed E-state index contributed by atoms with van der Waals surface area (Å²) in [6.07, 6.45) is -0.730. The summed E-state index contributed by atoms with van der Waals surface area (Å²) in [6, 6.07) is -1.81. The largest absolute Gasteiger partial charge is 0.391 e. The molecule has 0 spiro atoms. The van der Waals surface area contributed by atoms with E-state index in [9.17, 15) is 19.5 Å². The van der Waals surface area contributed by atoms with Crippen molar-refractivity contribution < 1.29 is 24.6 Å².